The molecule has 4 bridgehead atoms. The van der Waals surface area contributed by atoms with E-state index in [1.807, 2.05) is 0 Å². The number of carbonyl (C=O) groups excluding carboxylic acids is 3. The summed E-state index contributed by atoms with van der Waals surface area (Å²) in [7, 11) is 0. The molecule has 0 unspecified atom stereocenters. The van der Waals surface area contributed by atoms with Crippen molar-refractivity contribution < 1.29 is 14.4 Å². The lowest BCUT2D eigenvalue weighted by atomic mass is 9.54. The minimum atomic E-state index is -0.758. The van der Waals surface area contributed by atoms with Crippen LogP contribution in [0.5, 0.6) is 0 Å². The Hall–Kier alpha value is -1.59. The number of hydrogen-bond acceptors (Lipinski definition) is 3. The van der Waals surface area contributed by atoms with Crippen molar-refractivity contribution in [3.05, 3.63) is 0 Å². The summed E-state index contributed by atoms with van der Waals surface area (Å²) >= 11 is 0. The number of carbonyl (C=O) groups is 3. The highest BCUT2D eigenvalue weighted by Gasteiger charge is 2.53. The Labute approximate surface area is 167 Å². The van der Waals surface area contributed by atoms with Gasteiger partial charge < -0.3 is 10.6 Å². The largest absolute Gasteiger partial charge is 0.351 e. The molecule has 5 aliphatic carbocycles. The van der Waals surface area contributed by atoms with Crippen molar-refractivity contribution in [1.29, 1.82) is 0 Å². The van der Waals surface area contributed by atoms with E-state index in [4.69, 9.17) is 0 Å². The molecule has 0 aromatic rings. The van der Waals surface area contributed by atoms with Gasteiger partial charge in [-0.3, -0.25) is 14.5 Å². The van der Waals surface area contributed by atoms with Crippen molar-refractivity contribution in [3.8, 4) is 0 Å². The van der Waals surface area contributed by atoms with Gasteiger partial charge in [-0.05, 0) is 87.4 Å². The van der Waals surface area contributed by atoms with E-state index in [0.29, 0.717) is 30.6 Å². The quantitative estimate of drug-likeness (QED) is 0.728. The van der Waals surface area contributed by atoms with Gasteiger partial charge in [-0.25, -0.2) is 4.79 Å². The van der Waals surface area contributed by atoms with Gasteiger partial charge in [0.05, 0.1) is 0 Å². The zero-order chi connectivity index (χ0) is 19.5. The number of rotatable bonds is 4. The lowest BCUT2D eigenvalue weighted by Gasteiger charge is -2.54. The fourth-order valence-electron chi connectivity index (χ4n) is 7.27. The Balaban J connectivity index is 1.21. The van der Waals surface area contributed by atoms with Crippen LogP contribution in [-0.2, 0) is 9.59 Å². The normalized spacial score (nSPS) is 44.2. The summed E-state index contributed by atoms with van der Waals surface area (Å²) in [5, 5.41) is 6.16. The molecule has 5 saturated carbocycles. The lowest BCUT2D eigenvalue weighted by molar-refractivity contribution is -0.137. The summed E-state index contributed by atoms with van der Waals surface area (Å²) in [6.45, 7) is 2.05. The minimum absolute atomic E-state index is 0.133. The van der Waals surface area contributed by atoms with Gasteiger partial charge in [0.2, 0.25) is 5.91 Å². The van der Waals surface area contributed by atoms with Gasteiger partial charge in [0.15, 0.2) is 0 Å². The first-order valence-corrected chi connectivity index (χ1v) is 11.4. The topological polar surface area (TPSA) is 78.5 Å². The van der Waals surface area contributed by atoms with E-state index in [0.717, 1.165) is 36.0 Å². The van der Waals surface area contributed by atoms with E-state index < -0.39 is 5.54 Å². The molecule has 154 valence electrons. The average Bonchev–Trinajstić information content (AvgIpc) is 2.89. The summed E-state index contributed by atoms with van der Waals surface area (Å²) in [6, 6.07) is -0.143. The van der Waals surface area contributed by atoms with Crippen LogP contribution in [0.4, 0.5) is 4.79 Å². The Bertz CT molecular complexity index is 655. The van der Waals surface area contributed by atoms with Gasteiger partial charge in [0.25, 0.3) is 5.91 Å². The summed E-state index contributed by atoms with van der Waals surface area (Å²) in [6.07, 6.45) is 10.8. The van der Waals surface area contributed by atoms with E-state index in [-0.39, 0.29) is 30.4 Å². The molecule has 0 atom stereocenters. The molecule has 4 amide bonds. The first kappa shape index (κ1) is 18.4. The molecule has 6 heteroatoms. The molecule has 1 aliphatic heterocycles. The molecule has 0 radical (unpaired) electrons. The highest BCUT2D eigenvalue weighted by molar-refractivity contribution is 6.09. The molecule has 28 heavy (non-hydrogen) atoms. The maximum Gasteiger partial charge on any atom is 0.325 e. The van der Waals surface area contributed by atoms with Gasteiger partial charge in [-0.2, -0.15) is 0 Å². The second kappa shape index (κ2) is 6.74. The van der Waals surface area contributed by atoms with Crippen LogP contribution in [0.3, 0.4) is 0 Å². The van der Waals surface area contributed by atoms with Crippen LogP contribution in [0.1, 0.15) is 71.1 Å². The van der Waals surface area contributed by atoms with Gasteiger partial charge >= 0.3 is 6.03 Å². The van der Waals surface area contributed by atoms with Crippen LogP contribution in [0.15, 0.2) is 0 Å². The summed E-state index contributed by atoms with van der Waals surface area (Å²) < 4.78 is 0. The van der Waals surface area contributed by atoms with Crippen molar-refractivity contribution in [2.75, 3.05) is 6.54 Å². The molecule has 6 fully saturated rings. The monoisotopic (exact) mass is 387 g/mol. The second-order valence-corrected chi connectivity index (χ2v) is 10.3. The molecule has 6 nitrogen and oxygen atoms in total. The van der Waals surface area contributed by atoms with Crippen molar-refractivity contribution in [3.63, 3.8) is 0 Å². The molecule has 1 heterocycles. The van der Waals surface area contributed by atoms with Crippen LogP contribution in [0.25, 0.3) is 0 Å². The summed E-state index contributed by atoms with van der Waals surface area (Å²) in [5.41, 5.74) is -0.758. The molecule has 1 spiro atoms. The van der Waals surface area contributed by atoms with Gasteiger partial charge in [-0.1, -0.05) is 13.3 Å². The van der Waals surface area contributed by atoms with E-state index in [9.17, 15) is 14.4 Å². The van der Waals surface area contributed by atoms with Crippen LogP contribution in [0, 0.1) is 29.6 Å². The predicted octanol–water partition coefficient (Wildman–Crippen LogP) is 2.82. The molecule has 2 N–H and O–H groups in total. The molecular weight excluding hydrogens is 354 g/mol. The fraction of sp³-hybridized carbons (Fsp3) is 0.864. The van der Waals surface area contributed by atoms with Gasteiger partial charge in [0, 0.05) is 6.04 Å². The predicted molar refractivity (Wildman–Crippen MR) is 104 cm³/mol. The van der Waals surface area contributed by atoms with Gasteiger partial charge in [0.1, 0.15) is 12.1 Å². The minimum Gasteiger partial charge on any atom is -0.351 e. The molecule has 6 aliphatic rings. The third-order valence-corrected chi connectivity index (χ3v) is 8.64. The Morgan fingerprint density at radius 2 is 1.68 bits per heavy atom. The highest BCUT2D eigenvalue weighted by atomic mass is 16.2. The third-order valence-electron chi connectivity index (χ3n) is 8.64. The van der Waals surface area contributed by atoms with Crippen LogP contribution in [0.2, 0.25) is 0 Å². The number of urea groups is 1. The van der Waals surface area contributed by atoms with Crippen LogP contribution in [-0.4, -0.2) is 40.9 Å². The van der Waals surface area contributed by atoms with Crippen molar-refractivity contribution in [2.45, 2.75) is 82.7 Å². The number of nitrogens with one attached hydrogen (secondary N) is 2. The zero-order valence-corrected chi connectivity index (χ0v) is 16.9. The molecular formula is C22H33N3O3. The Kier molecular flexibility index (Phi) is 4.44. The molecule has 0 aromatic carbocycles. The number of hydrogen-bond donors (Lipinski definition) is 2. The van der Waals surface area contributed by atoms with Crippen LogP contribution >= 0.6 is 0 Å². The third kappa shape index (κ3) is 2.94. The standard InChI is InChI=1S/C22H33N3O3/c1-2-13-3-5-22(6-4-13)20(27)25(21(28)24-22)12-18(26)23-19-16-8-14-7-15(10-16)11-17(19)9-14/h13-17,19H,2-12H2,1H3,(H,23,26)(H,24,28). The zero-order valence-electron chi connectivity index (χ0n) is 16.9. The second-order valence-electron chi connectivity index (χ2n) is 10.3. The lowest BCUT2D eigenvalue weighted by Crippen LogP contribution is -2.57. The van der Waals surface area contributed by atoms with E-state index in [1.165, 1.54) is 32.1 Å². The van der Waals surface area contributed by atoms with Crippen molar-refractivity contribution in [1.82, 2.24) is 15.5 Å². The number of amides is 4. The Morgan fingerprint density at radius 1 is 1.07 bits per heavy atom. The fourth-order valence-corrected chi connectivity index (χ4v) is 7.27. The number of imide groups is 1. The van der Waals surface area contributed by atoms with Gasteiger partial charge in [-0.15, -0.1) is 0 Å². The smallest absolute Gasteiger partial charge is 0.325 e. The average molecular weight is 388 g/mol. The molecule has 6 rings (SSSR count). The first-order chi connectivity index (χ1) is 13.5. The maximum absolute atomic E-state index is 13.0. The SMILES string of the molecule is CCC1CCC2(CC1)NC(=O)N(CC(=O)NC1C3CC4CC(C3)CC1C4)C2=O. The number of nitrogens with zero attached hydrogens (tertiary/aromatic N) is 1. The first-order valence-electron chi connectivity index (χ1n) is 11.4. The van der Waals surface area contributed by atoms with Crippen LogP contribution < -0.4 is 10.6 Å². The summed E-state index contributed by atoms with van der Waals surface area (Å²) in [5.74, 6) is 3.20. The molecule has 1 saturated heterocycles. The maximum atomic E-state index is 13.0. The summed E-state index contributed by atoms with van der Waals surface area (Å²) in [4.78, 5) is 39.4. The van der Waals surface area contributed by atoms with E-state index in [2.05, 4.69) is 17.6 Å². The Morgan fingerprint density at radius 3 is 2.25 bits per heavy atom. The van der Waals surface area contributed by atoms with Crippen molar-refractivity contribution in [2.24, 2.45) is 29.6 Å². The van der Waals surface area contributed by atoms with E-state index in [1.54, 1.807) is 0 Å². The van der Waals surface area contributed by atoms with E-state index >= 15 is 0 Å². The highest BCUT2D eigenvalue weighted by Crippen LogP contribution is 2.53. The molecule has 0 aromatic heterocycles. The van der Waals surface area contributed by atoms with Crippen molar-refractivity contribution >= 4 is 17.8 Å².